The van der Waals surface area contributed by atoms with Crippen LogP contribution < -0.4 is 5.73 Å². The average Bonchev–Trinajstić information content (AvgIpc) is 2.16. The number of aryl methyl sites for hydroxylation is 1. The molecular formula is C10H9N3O2. The van der Waals surface area contributed by atoms with Crippen molar-refractivity contribution in [1.82, 2.24) is 9.97 Å². The lowest BCUT2D eigenvalue weighted by Crippen LogP contribution is -2.00. The third-order valence-corrected chi connectivity index (χ3v) is 2.09. The number of anilines is 1. The van der Waals surface area contributed by atoms with Gasteiger partial charge in [-0.25, -0.2) is 14.8 Å². The number of hydrogen-bond donors (Lipinski definition) is 2. The summed E-state index contributed by atoms with van der Waals surface area (Å²) in [6.45, 7) is 1.71. The van der Waals surface area contributed by atoms with Gasteiger partial charge in [-0.2, -0.15) is 0 Å². The van der Waals surface area contributed by atoms with Crippen LogP contribution in [0.1, 0.15) is 16.2 Å². The Morgan fingerprint density at radius 2 is 2.13 bits per heavy atom. The van der Waals surface area contributed by atoms with Crippen molar-refractivity contribution in [3.63, 3.8) is 0 Å². The average molecular weight is 203 g/mol. The van der Waals surface area contributed by atoms with Crippen LogP contribution in [-0.4, -0.2) is 21.0 Å². The number of hydrogen-bond acceptors (Lipinski definition) is 4. The number of nitrogens with zero attached hydrogens (tertiary/aromatic N) is 2. The summed E-state index contributed by atoms with van der Waals surface area (Å²) in [5.41, 5.74) is 6.43. The second-order valence-corrected chi connectivity index (χ2v) is 3.19. The largest absolute Gasteiger partial charge is 0.478 e. The Morgan fingerprint density at radius 1 is 1.40 bits per heavy atom. The Labute approximate surface area is 85.6 Å². The summed E-state index contributed by atoms with van der Waals surface area (Å²) < 4.78 is 0. The highest BCUT2D eigenvalue weighted by Crippen LogP contribution is 2.18. The maximum absolute atomic E-state index is 10.7. The fraction of sp³-hybridized carbons (Fsp3) is 0.100. The normalized spacial score (nSPS) is 10.5. The molecule has 2 rings (SSSR count). The number of carboxylic acids is 1. The Morgan fingerprint density at radius 3 is 2.80 bits per heavy atom. The quantitative estimate of drug-likeness (QED) is 0.727. The van der Waals surface area contributed by atoms with Gasteiger partial charge < -0.3 is 10.8 Å². The fourth-order valence-electron chi connectivity index (χ4n) is 1.41. The number of carbonyl (C=O) groups is 1. The zero-order valence-electron chi connectivity index (χ0n) is 8.06. The summed E-state index contributed by atoms with van der Waals surface area (Å²) >= 11 is 0. The first kappa shape index (κ1) is 9.39. The fourth-order valence-corrected chi connectivity index (χ4v) is 1.41. The van der Waals surface area contributed by atoms with Crippen LogP contribution in [0.5, 0.6) is 0 Å². The molecule has 0 unspecified atom stereocenters. The van der Waals surface area contributed by atoms with E-state index in [0.717, 1.165) is 0 Å². The van der Waals surface area contributed by atoms with Crippen LogP contribution in [0.4, 0.5) is 5.82 Å². The van der Waals surface area contributed by atoms with Gasteiger partial charge in [-0.1, -0.05) is 0 Å². The van der Waals surface area contributed by atoms with Crippen molar-refractivity contribution < 1.29 is 9.90 Å². The van der Waals surface area contributed by atoms with Gasteiger partial charge in [0.25, 0.3) is 0 Å². The number of fused-ring (bicyclic) bond motifs is 1. The van der Waals surface area contributed by atoms with Gasteiger partial charge in [0.15, 0.2) is 0 Å². The van der Waals surface area contributed by atoms with E-state index in [1.807, 2.05) is 0 Å². The zero-order valence-corrected chi connectivity index (χ0v) is 8.06. The molecule has 0 aliphatic heterocycles. The molecule has 0 spiro atoms. The van der Waals surface area contributed by atoms with E-state index in [9.17, 15) is 4.79 Å². The number of carboxylic acid groups (broad SMARTS) is 1. The number of nitrogens with two attached hydrogens (primary N) is 1. The molecule has 0 atom stereocenters. The zero-order chi connectivity index (χ0) is 11.0. The van der Waals surface area contributed by atoms with E-state index in [4.69, 9.17) is 10.8 Å². The van der Waals surface area contributed by atoms with Crippen molar-refractivity contribution in [2.45, 2.75) is 6.92 Å². The molecule has 1 aromatic carbocycles. The van der Waals surface area contributed by atoms with E-state index in [0.29, 0.717) is 22.5 Å². The second kappa shape index (κ2) is 3.20. The summed E-state index contributed by atoms with van der Waals surface area (Å²) in [6, 6.07) is 4.59. The van der Waals surface area contributed by atoms with Gasteiger partial charge in [0.2, 0.25) is 0 Å². The van der Waals surface area contributed by atoms with Gasteiger partial charge in [0.1, 0.15) is 11.6 Å². The lowest BCUT2D eigenvalue weighted by molar-refractivity contribution is 0.0697. The van der Waals surface area contributed by atoms with Gasteiger partial charge in [-0.15, -0.1) is 0 Å². The van der Waals surface area contributed by atoms with Crippen molar-refractivity contribution in [3.8, 4) is 0 Å². The topological polar surface area (TPSA) is 89.1 Å². The standard InChI is InChI=1S/C10H9N3O2/c1-5-12-8-4-6(10(14)15)2-3-7(8)9(11)13-5/h2-4H,1H3,(H,14,15)(H2,11,12,13). The Kier molecular flexibility index (Phi) is 2.00. The molecule has 0 aliphatic carbocycles. The van der Waals surface area contributed by atoms with Crippen LogP contribution in [0, 0.1) is 6.92 Å². The maximum atomic E-state index is 10.7. The summed E-state index contributed by atoms with van der Waals surface area (Å²) in [7, 11) is 0. The van der Waals surface area contributed by atoms with Gasteiger partial charge >= 0.3 is 5.97 Å². The summed E-state index contributed by atoms with van der Waals surface area (Å²) in [5, 5.41) is 9.48. The maximum Gasteiger partial charge on any atom is 0.335 e. The van der Waals surface area contributed by atoms with E-state index in [1.54, 1.807) is 13.0 Å². The third kappa shape index (κ3) is 1.59. The lowest BCUT2D eigenvalue weighted by Gasteiger charge is -2.03. The summed E-state index contributed by atoms with van der Waals surface area (Å²) in [6.07, 6.45) is 0. The monoisotopic (exact) mass is 203 g/mol. The van der Waals surface area contributed by atoms with Crippen LogP contribution in [0.15, 0.2) is 18.2 Å². The molecule has 3 N–H and O–H groups in total. The van der Waals surface area contributed by atoms with E-state index < -0.39 is 5.97 Å². The first-order valence-corrected chi connectivity index (χ1v) is 4.35. The van der Waals surface area contributed by atoms with E-state index >= 15 is 0 Å². The molecule has 0 bridgehead atoms. The molecule has 5 heteroatoms. The molecule has 5 nitrogen and oxygen atoms in total. The highest BCUT2D eigenvalue weighted by Gasteiger charge is 2.07. The van der Waals surface area contributed by atoms with Gasteiger partial charge in [0.05, 0.1) is 11.1 Å². The Hall–Kier alpha value is -2.17. The molecule has 0 amide bonds. The molecule has 0 aliphatic rings. The van der Waals surface area contributed by atoms with Crippen molar-refractivity contribution >= 4 is 22.7 Å². The van der Waals surface area contributed by atoms with E-state index in [2.05, 4.69) is 9.97 Å². The molecule has 0 radical (unpaired) electrons. The highest BCUT2D eigenvalue weighted by molar-refractivity contribution is 5.95. The Bertz CT molecular complexity index is 552. The van der Waals surface area contributed by atoms with E-state index in [-0.39, 0.29) is 5.56 Å². The van der Waals surface area contributed by atoms with Crippen LogP contribution in [0.2, 0.25) is 0 Å². The molecule has 1 heterocycles. The molecule has 2 aromatic rings. The predicted octanol–water partition coefficient (Wildman–Crippen LogP) is 1.22. The first-order chi connectivity index (χ1) is 7.08. The minimum absolute atomic E-state index is 0.194. The SMILES string of the molecule is Cc1nc(N)c2ccc(C(=O)O)cc2n1. The predicted molar refractivity (Wildman–Crippen MR) is 55.6 cm³/mol. The summed E-state index contributed by atoms with van der Waals surface area (Å²) in [4.78, 5) is 18.9. The van der Waals surface area contributed by atoms with Crippen molar-refractivity contribution in [1.29, 1.82) is 0 Å². The number of rotatable bonds is 1. The van der Waals surface area contributed by atoms with Crippen LogP contribution in [-0.2, 0) is 0 Å². The number of nitrogen functional groups attached to an aromatic ring is 1. The first-order valence-electron chi connectivity index (χ1n) is 4.35. The molecular weight excluding hydrogens is 194 g/mol. The highest BCUT2D eigenvalue weighted by atomic mass is 16.4. The molecule has 1 aromatic heterocycles. The second-order valence-electron chi connectivity index (χ2n) is 3.19. The van der Waals surface area contributed by atoms with Crippen LogP contribution in [0.25, 0.3) is 10.9 Å². The molecule has 0 saturated carbocycles. The van der Waals surface area contributed by atoms with Gasteiger partial charge in [0, 0.05) is 5.39 Å². The van der Waals surface area contributed by atoms with Crippen molar-refractivity contribution in [3.05, 3.63) is 29.6 Å². The molecule has 0 saturated heterocycles. The number of aromatic nitrogens is 2. The Balaban J connectivity index is 2.76. The minimum Gasteiger partial charge on any atom is -0.478 e. The van der Waals surface area contributed by atoms with Crippen LogP contribution >= 0.6 is 0 Å². The smallest absolute Gasteiger partial charge is 0.335 e. The number of aromatic carboxylic acids is 1. The van der Waals surface area contributed by atoms with Gasteiger partial charge in [-0.3, -0.25) is 0 Å². The van der Waals surface area contributed by atoms with Crippen LogP contribution in [0.3, 0.4) is 0 Å². The molecule has 0 fully saturated rings. The molecule has 15 heavy (non-hydrogen) atoms. The summed E-state index contributed by atoms with van der Waals surface area (Å²) in [5.74, 6) is -0.0799. The van der Waals surface area contributed by atoms with Crippen molar-refractivity contribution in [2.24, 2.45) is 0 Å². The van der Waals surface area contributed by atoms with Gasteiger partial charge in [-0.05, 0) is 25.1 Å². The lowest BCUT2D eigenvalue weighted by atomic mass is 10.1. The minimum atomic E-state index is -0.980. The number of benzene rings is 1. The van der Waals surface area contributed by atoms with E-state index in [1.165, 1.54) is 12.1 Å². The van der Waals surface area contributed by atoms with Crippen molar-refractivity contribution in [2.75, 3.05) is 5.73 Å². The third-order valence-electron chi connectivity index (χ3n) is 2.09. The molecule has 76 valence electrons.